The third-order valence-corrected chi connectivity index (χ3v) is 2.28. The molecular weight excluding hydrogens is 162 g/mol. The molecule has 0 fully saturated rings. The molecule has 74 valence electrons. The second kappa shape index (κ2) is 3.92. The Balaban J connectivity index is 2.95. The lowest BCUT2D eigenvalue weighted by Crippen LogP contribution is -2.10. The fourth-order valence-corrected chi connectivity index (χ4v) is 1.43. The highest BCUT2D eigenvalue weighted by Crippen LogP contribution is 2.19. The molecular formula is C10H19N3. The number of aromatic nitrogens is 2. The van der Waals surface area contributed by atoms with Crippen molar-refractivity contribution >= 4 is 0 Å². The first-order valence-electron chi connectivity index (χ1n) is 4.88. The summed E-state index contributed by atoms with van der Waals surface area (Å²) in [5.74, 6) is 1.39. The van der Waals surface area contributed by atoms with Crippen molar-refractivity contribution in [1.82, 2.24) is 9.97 Å². The van der Waals surface area contributed by atoms with E-state index in [0.29, 0.717) is 5.92 Å². The standard InChI is InChI=1S/C10H19N3/c1-5-8(11)10-12-7(4)9(13-10)6(2)3/h6,8H,5,11H2,1-4H3,(H,12,13). The molecule has 1 aromatic rings. The molecule has 0 spiro atoms. The highest BCUT2D eigenvalue weighted by Gasteiger charge is 2.13. The van der Waals surface area contributed by atoms with E-state index < -0.39 is 0 Å². The molecule has 0 aliphatic rings. The summed E-state index contributed by atoms with van der Waals surface area (Å²) in [5.41, 5.74) is 8.17. The van der Waals surface area contributed by atoms with Gasteiger partial charge in [-0.05, 0) is 19.3 Å². The number of H-pyrrole nitrogens is 1. The zero-order valence-electron chi connectivity index (χ0n) is 8.89. The molecule has 0 amide bonds. The van der Waals surface area contributed by atoms with Crippen LogP contribution in [0.5, 0.6) is 0 Å². The summed E-state index contributed by atoms with van der Waals surface area (Å²) in [6.45, 7) is 8.40. The van der Waals surface area contributed by atoms with E-state index in [2.05, 4.69) is 30.7 Å². The van der Waals surface area contributed by atoms with Crippen LogP contribution in [0, 0.1) is 6.92 Å². The van der Waals surface area contributed by atoms with E-state index >= 15 is 0 Å². The normalized spacial score (nSPS) is 13.7. The topological polar surface area (TPSA) is 54.7 Å². The second-order valence-electron chi connectivity index (χ2n) is 3.80. The predicted molar refractivity (Wildman–Crippen MR) is 54.6 cm³/mol. The van der Waals surface area contributed by atoms with Crippen LogP contribution >= 0.6 is 0 Å². The Hall–Kier alpha value is -0.830. The maximum Gasteiger partial charge on any atom is 0.123 e. The van der Waals surface area contributed by atoms with Gasteiger partial charge in [-0.15, -0.1) is 0 Å². The van der Waals surface area contributed by atoms with Gasteiger partial charge in [-0.3, -0.25) is 0 Å². The van der Waals surface area contributed by atoms with Crippen LogP contribution in [-0.2, 0) is 0 Å². The Morgan fingerprint density at radius 1 is 1.46 bits per heavy atom. The largest absolute Gasteiger partial charge is 0.345 e. The molecule has 0 saturated heterocycles. The lowest BCUT2D eigenvalue weighted by Gasteiger charge is -2.03. The van der Waals surface area contributed by atoms with Crippen LogP contribution in [0.3, 0.4) is 0 Å². The predicted octanol–water partition coefficient (Wildman–Crippen LogP) is 2.25. The molecule has 1 rings (SSSR count). The van der Waals surface area contributed by atoms with Crippen molar-refractivity contribution in [2.24, 2.45) is 5.73 Å². The van der Waals surface area contributed by atoms with Gasteiger partial charge in [0, 0.05) is 5.69 Å². The minimum Gasteiger partial charge on any atom is -0.345 e. The number of rotatable bonds is 3. The summed E-state index contributed by atoms with van der Waals surface area (Å²) in [6.07, 6.45) is 0.921. The van der Waals surface area contributed by atoms with Crippen molar-refractivity contribution in [2.75, 3.05) is 0 Å². The van der Waals surface area contributed by atoms with Gasteiger partial charge in [-0.25, -0.2) is 4.98 Å². The van der Waals surface area contributed by atoms with Crippen molar-refractivity contribution in [2.45, 2.75) is 46.1 Å². The first kappa shape index (κ1) is 10.3. The van der Waals surface area contributed by atoms with E-state index in [1.54, 1.807) is 0 Å². The average Bonchev–Trinajstić information content (AvgIpc) is 2.46. The highest BCUT2D eigenvalue weighted by molar-refractivity contribution is 5.17. The molecule has 0 aliphatic heterocycles. The van der Waals surface area contributed by atoms with E-state index in [-0.39, 0.29) is 6.04 Å². The van der Waals surface area contributed by atoms with Gasteiger partial charge < -0.3 is 10.7 Å². The summed E-state index contributed by atoms with van der Waals surface area (Å²) in [5, 5.41) is 0. The smallest absolute Gasteiger partial charge is 0.123 e. The molecule has 0 radical (unpaired) electrons. The van der Waals surface area contributed by atoms with Crippen molar-refractivity contribution < 1.29 is 0 Å². The van der Waals surface area contributed by atoms with Gasteiger partial charge in [-0.2, -0.15) is 0 Å². The molecule has 3 heteroatoms. The van der Waals surface area contributed by atoms with Crippen LogP contribution < -0.4 is 5.73 Å². The van der Waals surface area contributed by atoms with Crippen LogP contribution in [0.15, 0.2) is 0 Å². The van der Waals surface area contributed by atoms with Gasteiger partial charge in [0.05, 0.1) is 11.7 Å². The Morgan fingerprint density at radius 3 is 2.46 bits per heavy atom. The number of hydrogen-bond donors (Lipinski definition) is 2. The molecule has 0 aliphatic carbocycles. The lowest BCUT2D eigenvalue weighted by atomic mass is 10.1. The number of aryl methyl sites for hydroxylation is 1. The van der Waals surface area contributed by atoms with Crippen molar-refractivity contribution in [3.63, 3.8) is 0 Å². The fourth-order valence-electron chi connectivity index (χ4n) is 1.43. The summed E-state index contributed by atoms with van der Waals surface area (Å²) >= 11 is 0. The van der Waals surface area contributed by atoms with Crippen LogP contribution in [-0.4, -0.2) is 9.97 Å². The van der Waals surface area contributed by atoms with E-state index in [0.717, 1.165) is 23.6 Å². The Bertz CT molecular complexity index is 276. The Labute approximate surface area is 79.8 Å². The van der Waals surface area contributed by atoms with E-state index in [9.17, 15) is 0 Å². The number of imidazole rings is 1. The molecule has 1 atom stereocenters. The zero-order chi connectivity index (χ0) is 10.0. The van der Waals surface area contributed by atoms with E-state index in [4.69, 9.17) is 5.73 Å². The van der Waals surface area contributed by atoms with Gasteiger partial charge in [0.25, 0.3) is 0 Å². The number of nitrogens with one attached hydrogen (secondary N) is 1. The summed E-state index contributed by atoms with van der Waals surface area (Å²) in [4.78, 5) is 7.74. The molecule has 0 saturated carbocycles. The van der Waals surface area contributed by atoms with Crippen molar-refractivity contribution in [3.05, 3.63) is 17.2 Å². The first-order valence-corrected chi connectivity index (χ1v) is 4.88. The Kier molecular flexibility index (Phi) is 3.09. The van der Waals surface area contributed by atoms with E-state index in [1.165, 1.54) is 0 Å². The minimum absolute atomic E-state index is 0.0474. The van der Waals surface area contributed by atoms with Gasteiger partial charge in [0.2, 0.25) is 0 Å². The van der Waals surface area contributed by atoms with Crippen molar-refractivity contribution in [1.29, 1.82) is 0 Å². The van der Waals surface area contributed by atoms with Crippen LogP contribution in [0.2, 0.25) is 0 Å². The summed E-state index contributed by atoms with van der Waals surface area (Å²) in [7, 11) is 0. The SMILES string of the molecule is CCC(N)c1nc(C(C)C)c(C)[nH]1. The van der Waals surface area contributed by atoms with Gasteiger partial charge in [0.1, 0.15) is 5.82 Å². The summed E-state index contributed by atoms with van der Waals surface area (Å²) < 4.78 is 0. The lowest BCUT2D eigenvalue weighted by molar-refractivity contribution is 0.653. The molecule has 13 heavy (non-hydrogen) atoms. The maximum atomic E-state index is 5.88. The van der Waals surface area contributed by atoms with Crippen molar-refractivity contribution in [3.8, 4) is 0 Å². The van der Waals surface area contributed by atoms with Gasteiger partial charge in [-0.1, -0.05) is 20.8 Å². The van der Waals surface area contributed by atoms with Gasteiger partial charge >= 0.3 is 0 Å². The average molecular weight is 181 g/mol. The van der Waals surface area contributed by atoms with Crippen LogP contribution in [0.1, 0.15) is 56.4 Å². The number of nitrogens with two attached hydrogens (primary N) is 1. The molecule has 1 heterocycles. The van der Waals surface area contributed by atoms with Gasteiger partial charge in [0.15, 0.2) is 0 Å². The molecule has 1 unspecified atom stereocenters. The fraction of sp³-hybridized carbons (Fsp3) is 0.700. The van der Waals surface area contributed by atoms with E-state index in [1.807, 2.05) is 6.92 Å². The molecule has 3 nitrogen and oxygen atoms in total. The minimum atomic E-state index is 0.0474. The molecule has 0 aromatic carbocycles. The third kappa shape index (κ3) is 2.10. The van der Waals surface area contributed by atoms with Crippen LogP contribution in [0.4, 0.5) is 0 Å². The third-order valence-electron chi connectivity index (χ3n) is 2.28. The van der Waals surface area contributed by atoms with Crippen LogP contribution in [0.25, 0.3) is 0 Å². The second-order valence-corrected chi connectivity index (χ2v) is 3.80. The quantitative estimate of drug-likeness (QED) is 0.751. The molecule has 0 bridgehead atoms. The zero-order valence-corrected chi connectivity index (χ0v) is 8.89. The molecule has 3 N–H and O–H groups in total. The number of hydrogen-bond acceptors (Lipinski definition) is 2. The maximum absolute atomic E-state index is 5.88. The number of aromatic amines is 1. The Morgan fingerprint density at radius 2 is 2.08 bits per heavy atom. The highest BCUT2D eigenvalue weighted by atomic mass is 15.0. The number of nitrogens with zero attached hydrogens (tertiary/aromatic N) is 1. The monoisotopic (exact) mass is 181 g/mol. The first-order chi connectivity index (χ1) is 6.06. The molecule has 1 aromatic heterocycles. The summed E-state index contributed by atoms with van der Waals surface area (Å²) in [6, 6.07) is 0.0474.